The van der Waals surface area contributed by atoms with Crippen LogP contribution in [-0.2, 0) is 28.9 Å². The summed E-state index contributed by atoms with van der Waals surface area (Å²) in [5.74, 6) is 0.655. The van der Waals surface area contributed by atoms with Crippen molar-refractivity contribution in [1.29, 1.82) is 0 Å². The number of Topliss-reactive ketones (excluding diaryl/α,β-unsaturated/α-hetero) is 1. The van der Waals surface area contributed by atoms with Crippen molar-refractivity contribution in [2.45, 2.75) is 56.8 Å². The summed E-state index contributed by atoms with van der Waals surface area (Å²) in [6.07, 6.45) is 5.17. The van der Waals surface area contributed by atoms with E-state index < -0.39 is 0 Å². The fourth-order valence-electron chi connectivity index (χ4n) is 4.59. The summed E-state index contributed by atoms with van der Waals surface area (Å²) in [4.78, 5) is 24.9. The molecular formula is C27H27N5O2S2. The van der Waals surface area contributed by atoms with Gasteiger partial charge in [0.2, 0.25) is 11.0 Å². The second-order valence-corrected chi connectivity index (χ2v) is 11.2. The van der Waals surface area contributed by atoms with E-state index in [4.69, 9.17) is 0 Å². The van der Waals surface area contributed by atoms with E-state index in [-0.39, 0.29) is 17.6 Å². The first-order valence-electron chi connectivity index (χ1n) is 12.2. The summed E-state index contributed by atoms with van der Waals surface area (Å²) in [6.45, 7) is 0. The monoisotopic (exact) mass is 517 g/mol. The van der Waals surface area contributed by atoms with Crippen molar-refractivity contribution in [3.63, 3.8) is 0 Å². The minimum Gasteiger partial charge on any atom is -0.300 e. The van der Waals surface area contributed by atoms with Gasteiger partial charge in [0.15, 0.2) is 0 Å². The van der Waals surface area contributed by atoms with Gasteiger partial charge >= 0.3 is 0 Å². The first-order valence-corrected chi connectivity index (χ1v) is 13.8. The molecule has 1 saturated carbocycles. The Morgan fingerprint density at radius 3 is 2.06 bits per heavy atom. The van der Waals surface area contributed by atoms with Crippen LogP contribution in [0.2, 0.25) is 0 Å². The molecule has 0 unspecified atom stereocenters. The van der Waals surface area contributed by atoms with Crippen LogP contribution in [-0.4, -0.2) is 32.1 Å². The van der Waals surface area contributed by atoms with E-state index in [1.54, 1.807) is 11.3 Å². The highest BCUT2D eigenvalue weighted by Crippen LogP contribution is 2.43. The number of nitrogens with zero attached hydrogens (tertiary/aromatic N) is 4. The highest BCUT2D eigenvalue weighted by molar-refractivity contribution is 7.15. The second-order valence-electron chi connectivity index (χ2n) is 9.13. The third-order valence-electron chi connectivity index (χ3n) is 6.34. The van der Waals surface area contributed by atoms with Gasteiger partial charge in [-0.15, -0.1) is 31.7 Å². The molecule has 4 aromatic rings. The summed E-state index contributed by atoms with van der Waals surface area (Å²) in [7, 11) is 0. The number of aromatic nitrogens is 4. The summed E-state index contributed by atoms with van der Waals surface area (Å²) < 4.78 is 0. The van der Waals surface area contributed by atoms with Gasteiger partial charge in [-0.05, 0) is 30.4 Å². The number of carbonyl (C=O) groups excluding carboxylic acids is 2. The average molecular weight is 518 g/mol. The van der Waals surface area contributed by atoms with Crippen LogP contribution in [0.5, 0.6) is 0 Å². The molecule has 5 rings (SSSR count). The second kappa shape index (κ2) is 11.6. The molecular weight excluding hydrogens is 490 g/mol. The van der Waals surface area contributed by atoms with Crippen LogP contribution < -0.4 is 5.32 Å². The van der Waals surface area contributed by atoms with Crippen LogP contribution in [0.25, 0.3) is 0 Å². The van der Waals surface area contributed by atoms with Gasteiger partial charge in [0.05, 0.1) is 12.8 Å². The average Bonchev–Trinajstić information content (AvgIpc) is 3.55. The normalized spacial score (nSPS) is 17.6. The van der Waals surface area contributed by atoms with E-state index in [9.17, 15) is 9.59 Å². The number of anilines is 1. The van der Waals surface area contributed by atoms with Gasteiger partial charge in [-0.3, -0.25) is 9.59 Å². The quantitative estimate of drug-likeness (QED) is 0.321. The molecule has 36 heavy (non-hydrogen) atoms. The van der Waals surface area contributed by atoms with E-state index in [0.717, 1.165) is 51.8 Å². The lowest BCUT2D eigenvalue weighted by Gasteiger charge is -2.25. The smallest absolute Gasteiger partial charge is 0.230 e. The van der Waals surface area contributed by atoms with Crippen LogP contribution in [0.4, 0.5) is 5.13 Å². The summed E-state index contributed by atoms with van der Waals surface area (Å²) in [5.41, 5.74) is 1.99. The maximum atomic E-state index is 12.5. The van der Waals surface area contributed by atoms with Crippen molar-refractivity contribution in [3.05, 3.63) is 86.8 Å². The fourth-order valence-corrected chi connectivity index (χ4v) is 6.52. The fraction of sp³-hybridized carbons (Fsp3) is 0.333. The van der Waals surface area contributed by atoms with Crippen LogP contribution in [0.1, 0.15) is 63.7 Å². The zero-order chi connectivity index (χ0) is 24.7. The Balaban J connectivity index is 1.15. The molecule has 1 N–H and O–H groups in total. The molecule has 184 valence electrons. The van der Waals surface area contributed by atoms with Gasteiger partial charge in [0.25, 0.3) is 0 Å². The molecule has 2 aromatic carbocycles. The maximum absolute atomic E-state index is 12.5. The van der Waals surface area contributed by atoms with Gasteiger partial charge in [-0.1, -0.05) is 78.4 Å². The molecule has 1 aliphatic carbocycles. The van der Waals surface area contributed by atoms with Gasteiger partial charge in [0, 0.05) is 18.3 Å². The van der Waals surface area contributed by atoms with E-state index in [0.29, 0.717) is 30.3 Å². The molecule has 0 bridgehead atoms. The van der Waals surface area contributed by atoms with E-state index in [2.05, 4.69) is 25.7 Å². The summed E-state index contributed by atoms with van der Waals surface area (Å²) in [6, 6.07) is 19.4. The number of hydrogen-bond donors (Lipinski definition) is 1. The van der Waals surface area contributed by atoms with Crippen LogP contribution in [0.3, 0.4) is 0 Å². The van der Waals surface area contributed by atoms with Crippen LogP contribution >= 0.6 is 22.7 Å². The minimum absolute atomic E-state index is 0.0892. The van der Waals surface area contributed by atoms with Crippen LogP contribution in [0.15, 0.2) is 60.7 Å². The lowest BCUT2D eigenvalue weighted by molar-refractivity contribution is -0.118. The number of nitrogens with one attached hydrogen (secondary N) is 1. The molecule has 1 amide bonds. The standard InChI is InChI=1S/C27H27N5O2S2/c33-22(14-18-8-3-1-4-9-18)17-24-29-30-25(35-24)20-12-7-13-21(16-20)26-31-32-27(36-26)28-23(34)15-19-10-5-2-6-11-19/h1-6,8-11,20-21H,7,12-17H2,(H,28,32,34)/t20-,21-/m0/s1. The zero-order valence-corrected chi connectivity index (χ0v) is 21.4. The summed E-state index contributed by atoms with van der Waals surface area (Å²) >= 11 is 3.02. The van der Waals surface area contributed by atoms with Gasteiger partial charge in [-0.25, -0.2) is 0 Å². The molecule has 7 nitrogen and oxygen atoms in total. The Morgan fingerprint density at radius 1 is 0.750 bits per heavy atom. The lowest BCUT2D eigenvalue weighted by atomic mass is 9.82. The van der Waals surface area contributed by atoms with Gasteiger partial charge < -0.3 is 5.32 Å². The Hall–Kier alpha value is -3.30. The van der Waals surface area contributed by atoms with Crippen LogP contribution in [0, 0.1) is 0 Å². The number of hydrogen-bond acceptors (Lipinski definition) is 8. The van der Waals surface area contributed by atoms with E-state index in [1.807, 2.05) is 60.7 Å². The molecule has 0 spiro atoms. The molecule has 2 atom stereocenters. The Kier molecular flexibility index (Phi) is 7.88. The molecule has 0 saturated heterocycles. The van der Waals surface area contributed by atoms with Crippen molar-refractivity contribution in [2.24, 2.45) is 0 Å². The Morgan fingerprint density at radius 2 is 1.36 bits per heavy atom. The molecule has 1 fully saturated rings. The van der Waals surface area contributed by atoms with E-state index in [1.165, 1.54) is 11.3 Å². The molecule has 1 aliphatic rings. The minimum atomic E-state index is -0.0892. The summed E-state index contributed by atoms with van der Waals surface area (Å²) in [5, 5.41) is 23.5. The first kappa shape index (κ1) is 24.4. The highest BCUT2D eigenvalue weighted by Gasteiger charge is 2.29. The molecule has 0 aliphatic heterocycles. The lowest BCUT2D eigenvalue weighted by Crippen LogP contribution is -2.14. The maximum Gasteiger partial charge on any atom is 0.230 e. The van der Waals surface area contributed by atoms with Crippen molar-refractivity contribution < 1.29 is 9.59 Å². The first-order chi connectivity index (χ1) is 17.6. The molecule has 9 heteroatoms. The third-order valence-corrected chi connectivity index (χ3v) is 8.43. The number of benzene rings is 2. The molecule has 2 aromatic heterocycles. The zero-order valence-electron chi connectivity index (χ0n) is 19.8. The predicted octanol–water partition coefficient (Wildman–Crippen LogP) is 5.37. The number of ketones is 1. The number of rotatable bonds is 9. The Labute approximate surface area is 218 Å². The Bertz CT molecular complexity index is 1210. The number of amides is 1. The van der Waals surface area contributed by atoms with E-state index >= 15 is 0 Å². The third kappa shape index (κ3) is 6.47. The molecule has 0 radical (unpaired) electrons. The number of carbonyl (C=O) groups is 2. The predicted molar refractivity (Wildman–Crippen MR) is 141 cm³/mol. The van der Waals surface area contributed by atoms with Crippen molar-refractivity contribution >= 4 is 39.5 Å². The van der Waals surface area contributed by atoms with Gasteiger partial charge in [0.1, 0.15) is 20.8 Å². The molecule has 2 heterocycles. The van der Waals surface area contributed by atoms with Gasteiger partial charge in [-0.2, -0.15) is 0 Å². The highest BCUT2D eigenvalue weighted by atomic mass is 32.1. The van der Waals surface area contributed by atoms with Crippen molar-refractivity contribution in [2.75, 3.05) is 5.32 Å². The van der Waals surface area contributed by atoms with Crippen molar-refractivity contribution in [3.8, 4) is 0 Å². The van der Waals surface area contributed by atoms with Crippen molar-refractivity contribution in [1.82, 2.24) is 20.4 Å². The largest absolute Gasteiger partial charge is 0.300 e. The SMILES string of the molecule is O=C(Cc1ccccc1)Cc1nnc([C@H]2CCC[C@H](c3nnc(NC(=O)Cc4ccccc4)s3)C2)s1. The topological polar surface area (TPSA) is 97.7 Å².